The van der Waals surface area contributed by atoms with Crippen molar-refractivity contribution in [3.05, 3.63) is 17.9 Å². The van der Waals surface area contributed by atoms with Gasteiger partial charge in [-0.1, -0.05) is 13.3 Å². The number of sulfonamides is 1. The molecule has 5 nitrogen and oxygen atoms in total. The van der Waals surface area contributed by atoms with Gasteiger partial charge < -0.3 is 4.42 Å². The molecule has 0 saturated heterocycles. The van der Waals surface area contributed by atoms with Crippen LogP contribution in [-0.4, -0.2) is 20.7 Å². The van der Waals surface area contributed by atoms with E-state index >= 15 is 0 Å². The molecule has 106 valence electrons. The van der Waals surface area contributed by atoms with Crippen molar-refractivity contribution in [2.75, 3.05) is 0 Å². The summed E-state index contributed by atoms with van der Waals surface area (Å²) < 4.78 is 31.7. The lowest BCUT2D eigenvalue weighted by molar-refractivity contribution is 0.109. The van der Waals surface area contributed by atoms with Crippen molar-refractivity contribution in [3.8, 4) is 0 Å². The molecule has 19 heavy (non-hydrogen) atoms. The predicted octanol–water partition coefficient (Wildman–Crippen LogP) is 2.34. The molecule has 1 aliphatic carbocycles. The van der Waals surface area contributed by atoms with E-state index in [-0.39, 0.29) is 16.9 Å². The molecule has 0 bridgehead atoms. The fourth-order valence-corrected chi connectivity index (χ4v) is 3.75. The Morgan fingerprint density at radius 3 is 2.53 bits per heavy atom. The van der Waals surface area contributed by atoms with Crippen LogP contribution in [0.15, 0.2) is 21.6 Å². The minimum absolute atomic E-state index is 0.0232. The molecule has 0 spiro atoms. The molecule has 6 heteroatoms. The van der Waals surface area contributed by atoms with Crippen LogP contribution in [0.5, 0.6) is 0 Å². The lowest BCUT2D eigenvalue weighted by Crippen LogP contribution is -2.37. The number of hydrogen-bond donors (Lipinski definition) is 1. The topological polar surface area (TPSA) is 76.4 Å². The maximum absolute atomic E-state index is 12.1. The molecule has 0 amide bonds. The smallest absolute Gasteiger partial charge is 0.274 e. The summed E-state index contributed by atoms with van der Waals surface area (Å²) in [7, 11) is -3.65. The van der Waals surface area contributed by atoms with E-state index in [9.17, 15) is 13.2 Å². The fourth-order valence-electron chi connectivity index (χ4n) is 2.51. The molecule has 0 atom stereocenters. The average Bonchev–Trinajstić information content (AvgIpc) is 2.89. The first kappa shape index (κ1) is 14.3. The van der Waals surface area contributed by atoms with E-state index in [2.05, 4.69) is 11.6 Å². The third-order valence-electron chi connectivity index (χ3n) is 3.73. The molecule has 1 heterocycles. The summed E-state index contributed by atoms with van der Waals surface area (Å²) in [4.78, 5) is 10.5. The maximum atomic E-state index is 12.1. The van der Waals surface area contributed by atoms with Crippen LogP contribution in [0.3, 0.4) is 0 Å². The standard InChI is InChI=1S/C13H19NO4S/c1-2-10-3-5-11(6-4-10)14-19(16,17)13-8-7-12(9-15)18-13/h7-11,14H,2-6H2,1H3. The van der Waals surface area contributed by atoms with E-state index in [1.807, 2.05) is 0 Å². The second-order valence-corrected chi connectivity index (χ2v) is 6.67. The highest BCUT2D eigenvalue weighted by molar-refractivity contribution is 7.89. The number of hydrogen-bond acceptors (Lipinski definition) is 4. The largest absolute Gasteiger partial charge is 0.440 e. The first-order valence-corrected chi connectivity index (χ1v) is 8.11. The highest BCUT2D eigenvalue weighted by Crippen LogP contribution is 2.27. The molecule has 0 aliphatic heterocycles. The Morgan fingerprint density at radius 1 is 1.32 bits per heavy atom. The number of carbonyl (C=O) groups excluding carboxylic acids is 1. The summed E-state index contributed by atoms with van der Waals surface area (Å²) in [6.07, 6.45) is 5.48. The maximum Gasteiger partial charge on any atom is 0.274 e. The van der Waals surface area contributed by atoms with Crippen LogP contribution < -0.4 is 4.72 Å². The molecule has 1 fully saturated rings. The van der Waals surface area contributed by atoms with Crippen LogP contribution in [0.25, 0.3) is 0 Å². The van der Waals surface area contributed by atoms with E-state index in [0.29, 0.717) is 12.2 Å². The van der Waals surface area contributed by atoms with Gasteiger partial charge in [-0.15, -0.1) is 0 Å². The van der Waals surface area contributed by atoms with Crippen LogP contribution in [0.4, 0.5) is 0 Å². The molecule has 0 radical (unpaired) electrons. The summed E-state index contributed by atoms with van der Waals surface area (Å²) in [6, 6.07) is 2.64. The van der Waals surface area contributed by atoms with Crippen molar-refractivity contribution < 1.29 is 17.6 Å². The Hall–Kier alpha value is -1.14. The van der Waals surface area contributed by atoms with Gasteiger partial charge in [-0.3, -0.25) is 4.79 Å². The van der Waals surface area contributed by atoms with Crippen LogP contribution in [0.1, 0.15) is 49.6 Å². The van der Waals surface area contributed by atoms with Gasteiger partial charge in [0.15, 0.2) is 12.0 Å². The first-order valence-electron chi connectivity index (χ1n) is 6.62. The van der Waals surface area contributed by atoms with Gasteiger partial charge in [-0.05, 0) is 43.7 Å². The molecule has 1 N–H and O–H groups in total. The predicted molar refractivity (Wildman–Crippen MR) is 70.5 cm³/mol. The van der Waals surface area contributed by atoms with E-state index in [4.69, 9.17) is 4.42 Å². The number of carbonyl (C=O) groups is 1. The van der Waals surface area contributed by atoms with Crippen molar-refractivity contribution in [1.29, 1.82) is 0 Å². The number of aldehydes is 1. The monoisotopic (exact) mass is 285 g/mol. The zero-order chi connectivity index (χ0) is 13.9. The first-order chi connectivity index (χ1) is 9.05. The van der Waals surface area contributed by atoms with Crippen molar-refractivity contribution in [1.82, 2.24) is 4.72 Å². The van der Waals surface area contributed by atoms with Gasteiger partial charge in [0.2, 0.25) is 5.09 Å². The zero-order valence-corrected chi connectivity index (χ0v) is 11.8. The van der Waals surface area contributed by atoms with E-state index in [1.165, 1.54) is 12.1 Å². The Morgan fingerprint density at radius 2 is 2.00 bits per heavy atom. The molecule has 1 saturated carbocycles. The van der Waals surface area contributed by atoms with Crippen molar-refractivity contribution in [2.45, 2.75) is 50.2 Å². The summed E-state index contributed by atoms with van der Waals surface area (Å²) in [5.74, 6) is 0.737. The molecule has 0 aromatic carbocycles. The van der Waals surface area contributed by atoms with Gasteiger partial charge in [0.05, 0.1) is 0 Å². The van der Waals surface area contributed by atoms with Crippen LogP contribution in [-0.2, 0) is 10.0 Å². The van der Waals surface area contributed by atoms with Gasteiger partial charge in [0.1, 0.15) is 0 Å². The highest BCUT2D eigenvalue weighted by atomic mass is 32.2. The Bertz CT molecular complexity index is 527. The second kappa shape index (κ2) is 5.88. The van der Waals surface area contributed by atoms with Gasteiger partial charge in [-0.2, -0.15) is 0 Å². The summed E-state index contributed by atoms with van der Waals surface area (Å²) in [6.45, 7) is 2.17. The van der Waals surface area contributed by atoms with Gasteiger partial charge in [-0.25, -0.2) is 13.1 Å². The fraction of sp³-hybridized carbons (Fsp3) is 0.615. The summed E-state index contributed by atoms with van der Waals surface area (Å²) in [5.41, 5.74) is 0. The third kappa shape index (κ3) is 3.45. The third-order valence-corrected chi connectivity index (χ3v) is 5.12. The molecule has 2 rings (SSSR count). The quantitative estimate of drug-likeness (QED) is 0.842. The van der Waals surface area contributed by atoms with Crippen molar-refractivity contribution >= 4 is 16.3 Å². The van der Waals surface area contributed by atoms with Gasteiger partial charge in [0.25, 0.3) is 10.0 Å². The Kier molecular flexibility index (Phi) is 4.42. The average molecular weight is 285 g/mol. The number of nitrogens with one attached hydrogen (secondary N) is 1. The van der Waals surface area contributed by atoms with E-state index in [0.717, 1.165) is 32.1 Å². The van der Waals surface area contributed by atoms with Gasteiger partial charge >= 0.3 is 0 Å². The molecular formula is C13H19NO4S. The Labute approximate surface area is 113 Å². The zero-order valence-electron chi connectivity index (χ0n) is 11.0. The number of furan rings is 1. The SMILES string of the molecule is CCC1CCC(NS(=O)(=O)c2ccc(C=O)o2)CC1. The lowest BCUT2D eigenvalue weighted by atomic mass is 9.85. The normalized spacial score (nSPS) is 24.3. The molecule has 1 aromatic rings. The molecular weight excluding hydrogens is 266 g/mol. The van der Waals surface area contributed by atoms with Crippen LogP contribution in [0.2, 0.25) is 0 Å². The highest BCUT2D eigenvalue weighted by Gasteiger charge is 2.26. The molecule has 1 aliphatic rings. The minimum Gasteiger partial charge on any atom is -0.440 e. The van der Waals surface area contributed by atoms with Crippen LogP contribution in [0, 0.1) is 5.92 Å². The minimum atomic E-state index is -3.65. The molecule has 1 aromatic heterocycles. The van der Waals surface area contributed by atoms with E-state index < -0.39 is 10.0 Å². The van der Waals surface area contributed by atoms with E-state index in [1.54, 1.807) is 0 Å². The Balaban J connectivity index is 2.00. The number of rotatable bonds is 5. The lowest BCUT2D eigenvalue weighted by Gasteiger charge is -2.27. The summed E-state index contributed by atoms with van der Waals surface area (Å²) in [5, 5.41) is -0.188. The van der Waals surface area contributed by atoms with Crippen LogP contribution >= 0.6 is 0 Å². The van der Waals surface area contributed by atoms with Crippen molar-refractivity contribution in [2.24, 2.45) is 5.92 Å². The van der Waals surface area contributed by atoms with Crippen molar-refractivity contribution in [3.63, 3.8) is 0 Å². The summed E-state index contributed by atoms with van der Waals surface area (Å²) >= 11 is 0. The van der Waals surface area contributed by atoms with Gasteiger partial charge in [0, 0.05) is 6.04 Å². The molecule has 0 unspecified atom stereocenters. The second-order valence-electron chi connectivity index (χ2n) is 5.02.